The Morgan fingerprint density at radius 2 is 2.00 bits per heavy atom. The molecule has 1 aromatic heterocycles. The number of aromatic nitrogens is 2. The van der Waals surface area contributed by atoms with Gasteiger partial charge in [-0.15, -0.1) is 0 Å². The fraction of sp³-hybridized carbons (Fsp3) is 0.308. The van der Waals surface area contributed by atoms with E-state index in [1.54, 1.807) is 12.3 Å². The van der Waals surface area contributed by atoms with E-state index < -0.39 is 0 Å². The Balaban J connectivity index is 2.12. The van der Waals surface area contributed by atoms with Gasteiger partial charge < -0.3 is 15.5 Å². The number of hydrogen-bond acceptors (Lipinski definition) is 4. The zero-order valence-corrected chi connectivity index (χ0v) is 10.4. The van der Waals surface area contributed by atoms with Crippen LogP contribution in [0.3, 0.4) is 0 Å². The highest BCUT2D eigenvalue weighted by atomic mass is 16.3. The van der Waals surface area contributed by atoms with Gasteiger partial charge in [-0.05, 0) is 32.0 Å². The molecule has 0 spiro atoms. The second kappa shape index (κ2) is 5.10. The molecule has 0 saturated carbocycles. The van der Waals surface area contributed by atoms with Gasteiger partial charge in [0.05, 0.1) is 6.20 Å². The molecule has 2 unspecified atom stereocenters. The quantitative estimate of drug-likeness (QED) is 0.624. The highest BCUT2D eigenvalue weighted by Crippen LogP contribution is 2.29. The predicted octanol–water partition coefficient (Wildman–Crippen LogP) is 2.23. The normalized spacial score (nSPS) is 14.3. The Morgan fingerprint density at radius 1 is 1.22 bits per heavy atom. The van der Waals surface area contributed by atoms with E-state index in [1.165, 1.54) is 12.1 Å². The number of rotatable bonds is 4. The third-order valence-corrected chi connectivity index (χ3v) is 3.00. The summed E-state index contributed by atoms with van der Waals surface area (Å²) in [5.41, 5.74) is 1.71. The standard InChI is InChI=1S/C13H17N3O2/c1-8(10-6-14-15-7-10)16-9(2)12-5-11(17)3-4-13(12)18/h3-9,16-18H,1-2H3,(H,14,15). The lowest BCUT2D eigenvalue weighted by atomic mass is 10.0. The predicted molar refractivity (Wildman–Crippen MR) is 68.3 cm³/mol. The zero-order chi connectivity index (χ0) is 13.1. The molecule has 0 bridgehead atoms. The van der Waals surface area contributed by atoms with Crippen molar-refractivity contribution in [3.05, 3.63) is 41.7 Å². The van der Waals surface area contributed by atoms with Gasteiger partial charge in [-0.3, -0.25) is 5.10 Å². The first-order valence-electron chi connectivity index (χ1n) is 5.84. The summed E-state index contributed by atoms with van der Waals surface area (Å²) in [6, 6.07) is 4.54. The van der Waals surface area contributed by atoms with E-state index in [0.717, 1.165) is 5.56 Å². The number of nitrogens with one attached hydrogen (secondary N) is 2. The molecule has 18 heavy (non-hydrogen) atoms. The van der Waals surface area contributed by atoms with Crippen molar-refractivity contribution in [2.75, 3.05) is 0 Å². The maximum absolute atomic E-state index is 9.78. The molecule has 5 heteroatoms. The van der Waals surface area contributed by atoms with Crippen molar-refractivity contribution in [2.24, 2.45) is 0 Å². The molecule has 0 aliphatic rings. The molecule has 2 aromatic rings. The van der Waals surface area contributed by atoms with Crippen LogP contribution in [0.5, 0.6) is 11.5 Å². The van der Waals surface area contributed by atoms with Crippen LogP contribution in [0.4, 0.5) is 0 Å². The summed E-state index contributed by atoms with van der Waals surface area (Å²) >= 11 is 0. The minimum Gasteiger partial charge on any atom is -0.508 e. The van der Waals surface area contributed by atoms with E-state index in [9.17, 15) is 10.2 Å². The van der Waals surface area contributed by atoms with Crippen molar-refractivity contribution in [1.82, 2.24) is 15.5 Å². The lowest BCUT2D eigenvalue weighted by molar-refractivity contribution is 0.429. The van der Waals surface area contributed by atoms with Crippen molar-refractivity contribution in [2.45, 2.75) is 25.9 Å². The van der Waals surface area contributed by atoms with Crippen molar-refractivity contribution >= 4 is 0 Å². The number of H-pyrrole nitrogens is 1. The van der Waals surface area contributed by atoms with Gasteiger partial charge in [0.2, 0.25) is 0 Å². The minimum atomic E-state index is -0.0815. The molecule has 0 radical (unpaired) electrons. The maximum atomic E-state index is 9.78. The molecule has 1 aromatic carbocycles. The van der Waals surface area contributed by atoms with E-state index in [0.29, 0.717) is 5.56 Å². The molecule has 5 nitrogen and oxygen atoms in total. The van der Waals surface area contributed by atoms with Crippen LogP contribution in [0.2, 0.25) is 0 Å². The number of benzene rings is 1. The fourth-order valence-corrected chi connectivity index (χ4v) is 1.95. The summed E-state index contributed by atoms with van der Waals surface area (Å²) in [6.45, 7) is 3.95. The topological polar surface area (TPSA) is 81.2 Å². The van der Waals surface area contributed by atoms with E-state index in [4.69, 9.17) is 0 Å². The molecule has 0 fully saturated rings. The molecule has 0 saturated heterocycles. The number of aromatic amines is 1. The van der Waals surface area contributed by atoms with E-state index in [1.807, 2.05) is 20.0 Å². The van der Waals surface area contributed by atoms with Gasteiger partial charge >= 0.3 is 0 Å². The number of phenols is 2. The lowest BCUT2D eigenvalue weighted by Crippen LogP contribution is -2.22. The van der Waals surface area contributed by atoms with Crippen LogP contribution in [-0.4, -0.2) is 20.4 Å². The maximum Gasteiger partial charge on any atom is 0.120 e. The van der Waals surface area contributed by atoms with Crippen molar-refractivity contribution in [3.63, 3.8) is 0 Å². The van der Waals surface area contributed by atoms with Gasteiger partial charge in [0.1, 0.15) is 11.5 Å². The van der Waals surface area contributed by atoms with Gasteiger partial charge in [0, 0.05) is 29.4 Å². The molecule has 1 heterocycles. The fourth-order valence-electron chi connectivity index (χ4n) is 1.95. The summed E-state index contributed by atoms with van der Waals surface area (Å²) in [4.78, 5) is 0. The third kappa shape index (κ3) is 2.62. The third-order valence-electron chi connectivity index (χ3n) is 3.00. The first-order valence-corrected chi connectivity index (χ1v) is 5.84. The second-order valence-corrected chi connectivity index (χ2v) is 4.38. The van der Waals surface area contributed by atoms with Crippen LogP contribution in [0.25, 0.3) is 0 Å². The number of nitrogens with zero attached hydrogens (tertiary/aromatic N) is 1. The highest BCUT2D eigenvalue weighted by Gasteiger charge is 2.15. The van der Waals surface area contributed by atoms with Crippen LogP contribution >= 0.6 is 0 Å². The van der Waals surface area contributed by atoms with Crippen LogP contribution in [0.15, 0.2) is 30.6 Å². The average molecular weight is 247 g/mol. The van der Waals surface area contributed by atoms with Crippen LogP contribution in [0.1, 0.15) is 37.1 Å². The summed E-state index contributed by atoms with van der Waals surface area (Å²) in [5, 5.41) is 29.2. The summed E-state index contributed by atoms with van der Waals surface area (Å²) < 4.78 is 0. The number of aromatic hydroxyl groups is 2. The Kier molecular flexibility index (Phi) is 3.53. The molecule has 2 atom stereocenters. The molecule has 4 N–H and O–H groups in total. The highest BCUT2D eigenvalue weighted by molar-refractivity contribution is 5.40. The molecular weight excluding hydrogens is 230 g/mol. The average Bonchev–Trinajstić information content (AvgIpc) is 2.85. The van der Waals surface area contributed by atoms with Crippen molar-refractivity contribution < 1.29 is 10.2 Å². The van der Waals surface area contributed by atoms with Crippen LogP contribution in [0, 0.1) is 0 Å². The largest absolute Gasteiger partial charge is 0.508 e. The van der Waals surface area contributed by atoms with E-state index in [2.05, 4.69) is 15.5 Å². The molecule has 0 amide bonds. The van der Waals surface area contributed by atoms with Gasteiger partial charge in [-0.1, -0.05) is 0 Å². The van der Waals surface area contributed by atoms with E-state index >= 15 is 0 Å². The Bertz CT molecular complexity index is 511. The lowest BCUT2D eigenvalue weighted by Gasteiger charge is -2.20. The van der Waals surface area contributed by atoms with Crippen molar-refractivity contribution in [3.8, 4) is 11.5 Å². The second-order valence-electron chi connectivity index (χ2n) is 4.38. The number of hydrogen-bond donors (Lipinski definition) is 4. The van der Waals surface area contributed by atoms with Gasteiger partial charge in [-0.2, -0.15) is 5.10 Å². The first-order chi connectivity index (χ1) is 8.58. The SMILES string of the molecule is CC(NC(C)c1cc(O)ccc1O)c1cn[nH]c1. The first kappa shape index (κ1) is 12.4. The Hall–Kier alpha value is -2.01. The smallest absolute Gasteiger partial charge is 0.120 e. The van der Waals surface area contributed by atoms with Crippen LogP contribution < -0.4 is 5.32 Å². The molecule has 0 aliphatic heterocycles. The van der Waals surface area contributed by atoms with Gasteiger partial charge in [0.25, 0.3) is 0 Å². The summed E-state index contributed by atoms with van der Waals surface area (Å²) in [5.74, 6) is 0.319. The number of phenolic OH excluding ortho intramolecular Hbond substituents is 2. The Labute approximate surface area is 105 Å². The van der Waals surface area contributed by atoms with E-state index in [-0.39, 0.29) is 23.6 Å². The summed E-state index contributed by atoms with van der Waals surface area (Å²) in [6.07, 6.45) is 3.58. The molecular formula is C13H17N3O2. The van der Waals surface area contributed by atoms with Crippen LogP contribution in [-0.2, 0) is 0 Å². The molecule has 96 valence electrons. The minimum absolute atomic E-state index is 0.0815. The van der Waals surface area contributed by atoms with Gasteiger partial charge in [-0.25, -0.2) is 0 Å². The Morgan fingerprint density at radius 3 is 2.67 bits per heavy atom. The zero-order valence-electron chi connectivity index (χ0n) is 10.4. The van der Waals surface area contributed by atoms with Gasteiger partial charge in [0.15, 0.2) is 0 Å². The molecule has 2 rings (SSSR count). The summed E-state index contributed by atoms with van der Waals surface area (Å²) in [7, 11) is 0. The van der Waals surface area contributed by atoms with Crippen molar-refractivity contribution in [1.29, 1.82) is 0 Å². The molecule has 0 aliphatic carbocycles. The monoisotopic (exact) mass is 247 g/mol.